The SMILES string of the molecule is OCC1OC(Oc2cccc(F)c2)CC(O)C1O. The second kappa shape index (κ2) is 5.62. The van der Waals surface area contributed by atoms with Crippen LogP contribution < -0.4 is 4.74 Å². The van der Waals surface area contributed by atoms with Crippen LogP contribution in [-0.2, 0) is 4.74 Å². The minimum Gasteiger partial charge on any atom is -0.465 e. The average Bonchev–Trinajstić information content (AvgIpc) is 2.33. The fraction of sp³-hybridized carbons (Fsp3) is 0.500. The summed E-state index contributed by atoms with van der Waals surface area (Å²) >= 11 is 0. The van der Waals surface area contributed by atoms with Crippen LogP contribution in [0.3, 0.4) is 0 Å². The van der Waals surface area contributed by atoms with Crippen molar-refractivity contribution >= 4 is 0 Å². The van der Waals surface area contributed by atoms with Crippen LogP contribution in [0.5, 0.6) is 5.75 Å². The highest BCUT2D eigenvalue weighted by Gasteiger charge is 2.37. The summed E-state index contributed by atoms with van der Waals surface area (Å²) in [4.78, 5) is 0. The summed E-state index contributed by atoms with van der Waals surface area (Å²) in [6, 6.07) is 5.51. The van der Waals surface area contributed by atoms with E-state index in [0.717, 1.165) is 0 Å². The van der Waals surface area contributed by atoms with E-state index in [4.69, 9.17) is 14.6 Å². The average molecular weight is 258 g/mol. The minimum atomic E-state index is -1.15. The highest BCUT2D eigenvalue weighted by Crippen LogP contribution is 2.23. The van der Waals surface area contributed by atoms with Crippen molar-refractivity contribution in [1.82, 2.24) is 0 Å². The molecule has 1 fully saturated rings. The van der Waals surface area contributed by atoms with Crippen LogP contribution in [0.25, 0.3) is 0 Å². The number of rotatable bonds is 3. The first-order valence-electron chi connectivity index (χ1n) is 5.65. The van der Waals surface area contributed by atoms with Gasteiger partial charge in [-0.05, 0) is 12.1 Å². The quantitative estimate of drug-likeness (QED) is 0.713. The molecule has 1 aromatic carbocycles. The normalized spacial score (nSPS) is 32.2. The van der Waals surface area contributed by atoms with Gasteiger partial charge in [0.15, 0.2) is 0 Å². The molecule has 4 atom stereocenters. The topological polar surface area (TPSA) is 79.2 Å². The van der Waals surface area contributed by atoms with E-state index in [-0.39, 0.29) is 12.2 Å². The Labute approximate surface area is 103 Å². The molecule has 1 heterocycles. The Bertz CT molecular complexity index is 400. The van der Waals surface area contributed by atoms with Gasteiger partial charge in [0.1, 0.15) is 23.8 Å². The predicted octanol–water partition coefficient (Wildman–Crippen LogP) is 0.0336. The van der Waals surface area contributed by atoms with Gasteiger partial charge in [0.05, 0.1) is 12.7 Å². The molecule has 0 aromatic heterocycles. The first-order valence-corrected chi connectivity index (χ1v) is 5.65. The van der Waals surface area contributed by atoms with Crippen molar-refractivity contribution < 1.29 is 29.2 Å². The van der Waals surface area contributed by atoms with E-state index in [9.17, 15) is 14.6 Å². The monoisotopic (exact) mass is 258 g/mol. The standard InChI is InChI=1S/C12H15FO5/c13-7-2-1-3-8(4-7)17-11-5-9(15)12(16)10(6-14)18-11/h1-4,9-12,14-16H,5-6H2. The van der Waals surface area contributed by atoms with Gasteiger partial charge in [-0.2, -0.15) is 0 Å². The van der Waals surface area contributed by atoms with Crippen LogP contribution in [0.15, 0.2) is 24.3 Å². The Kier molecular flexibility index (Phi) is 4.13. The van der Waals surface area contributed by atoms with Gasteiger partial charge in [0, 0.05) is 12.5 Å². The minimum absolute atomic E-state index is 0.0498. The maximum absolute atomic E-state index is 13.0. The molecule has 3 N–H and O–H groups in total. The molecule has 0 aliphatic carbocycles. The van der Waals surface area contributed by atoms with Crippen molar-refractivity contribution in [3.63, 3.8) is 0 Å². The van der Waals surface area contributed by atoms with E-state index in [1.165, 1.54) is 18.2 Å². The summed E-state index contributed by atoms with van der Waals surface area (Å²) in [5, 5.41) is 28.1. The summed E-state index contributed by atoms with van der Waals surface area (Å²) < 4.78 is 23.6. The van der Waals surface area contributed by atoms with Crippen LogP contribution in [0, 0.1) is 5.82 Å². The van der Waals surface area contributed by atoms with E-state index in [0.29, 0.717) is 0 Å². The number of hydrogen-bond acceptors (Lipinski definition) is 5. The predicted molar refractivity (Wildman–Crippen MR) is 59.4 cm³/mol. The zero-order valence-corrected chi connectivity index (χ0v) is 9.57. The first-order chi connectivity index (χ1) is 8.60. The zero-order chi connectivity index (χ0) is 13.1. The van der Waals surface area contributed by atoms with Crippen molar-refractivity contribution in [3.8, 4) is 5.75 Å². The summed E-state index contributed by atoms with van der Waals surface area (Å²) in [5.41, 5.74) is 0. The molecule has 1 aliphatic rings. The van der Waals surface area contributed by atoms with Crippen molar-refractivity contribution in [2.45, 2.75) is 31.0 Å². The lowest BCUT2D eigenvalue weighted by molar-refractivity contribution is -0.230. The number of hydrogen-bond donors (Lipinski definition) is 3. The summed E-state index contributed by atoms with van der Waals surface area (Å²) in [5.74, 6) is -0.178. The van der Waals surface area contributed by atoms with E-state index >= 15 is 0 Å². The van der Waals surface area contributed by atoms with E-state index in [1.54, 1.807) is 6.07 Å². The van der Waals surface area contributed by atoms with Gasteiger partial charge >= 0.3 is 0 Å². The Morgan fingerprint density at radius 1 is 1.39 bits per heavy atom. The van der Waals surface area contributed by atoms with Crippen molar-refractivity contribution in [3.05, 3.63) is 30.1 Å². The van der Waals surface area contributed by atoms with Gasteiger partial charge < -0.3 is 24.8 Å². The summed E-state index contributed by atoms with van der Waals surface area (Å²) in [6.07, 6.45) is -3.89. The fourth-order valence-corrected chi connectivity index (χ4v) is 1.83. The first kappa shape index (κ1) is 13.2. The maximum Gasteiger partial charge on any atom is 0.202 e. The lowest BCUT2D eigenvalue weighted by Crippen LogP contribution is -2.51. The lowest BCUT2D eigenvalue weighted by Gasteiger charge is -2.36. The number of halogens is 1. The molecule has 1 aliphatic heterocycles. The smallest absolute Gasteiger partial charge is 0.202 e. The number of benzene rings is 1. The van der Waals surface area contributed by atoms with Crippen LogP contribution >= 0.6 is 0 Å². The van der Waals surface area contributed by atoms with Crippen LogP contribution in [0.4, 0.5) is 4.39 Å². The van der Waals surface area contributed by atoms with Crippen LogP contribution in [0.1, 0.15) is 6.42 Å². The Morgan fingerprint density at radius 2 is 2.17 bits per heavy atom. The van der Waals surface area contributed by atoms with Gasteiger partial charge in [-0.3, -0.25) is 0 Å². The highest BCUT2D eigenvalue weighted by molar-refractivity contribution is 5.22. The molecule has 0 radical (unpaired) electrons. The molecular formula is C12H15FO5. The number of ether oxygens (including phenoxy) is 2. The van der Waals surface area contributed by atoms with Gasteiger partial charge in [-0.1, -0.05) is 6.07 Å². The number of aliphatic hydroxyl groups is 3. The van der Waals surface area contributed by atoms with Crippen molar-refractivity contribution in [2.75, 3.05) is 6.61 Å². The molecule has 0 bridgehead atoms. The van der Waals surface area contributed by atoms with E-state index < -0.39 is 37.0 Å². The second-order valence-electron chi connectivity index (χ2n) is 4.16. The molecule has 6 heteroatoms. The van der Waals surface area contributed by atoms with Gasteiger partial charge in [-0.15, -0.1) is 0 Å². The van der Waals surface area contributed by atoms with Crippen molar-refractivity contribution in [1.29, 1.82) is 0 Å². The third-order valence-electron chi connectivity index (χ3n) is 2.78. The molecule has 1 aromatic rings. The van der Waals surface area contributed by atoms with Crippen LogP contribution in [0.2, 0.25) is 0 Å². The van der Waals surface area contributed by atoms with Gasteiger partial charge in [0.2, 0.25) is 6.29 Å². The molecule has 1 saturated heterocycles. The Hall–Kier alpha value is -1.21. The Balaban J connectivity index is 2.01. The van der Waals surface area contributed by atoms with Gasteiger partial charge in [0.25, 0.3) is 0 Å². The molecule has 0 spiro atoms. The molecule has 18 heavy (non-hydrogen) atoms. The van der Waals surface area contributed by atoms with Crippen molar-refractivity contribution in [2.24, 2.45) is 0 Å². The molecule has 4 unspecified atom stereocenters. The largest absolute Gasteiger partial charge is 0.465 e. The van der Waals surface area contributed by atoms with E-state index in [1.807, 2.05) is 0 Å². The maximum atomic E-state index is 13.0. The number of aliphatic hydroxyl groups excluding tert-OH is 3. The third kappa shape index (κ3) is 2.97. The fourth-order valence-electron chi connectivity index (χ4n) is 1.83. The molecular weight excluding hydrogens is 243 g/mol. The molecule has 0 saturated carbocycles. The van der Waals surface area contributed by atoms with Gasteiger partial charge in [-0.25, -0.2) is 4.39 Å². The lowest BCUT2D eigenvalue weighted by atomic mass is 10.0. The Morgan fingerprint density at radius 3 is 2.83 bits per heavy atom. The highest BCUT2D eigenvalue weighted by atomic mass is 19.1. The molecule has 2 rings (SSSR count). The molecule has 5 nitrogen and oxygen atoms in total. The van der Waals surface area contributed by atoms with E-state index in [2.05, 4.69) is 0 Å². The second-order valence-corrected chi connectivity index (χ2v) is 4.16. The molecule has 100 valence electrons. The zero-order valence-electron chi connectivity index (χ0n) is 9.57. The van der Waals surface area contributed by atoms with Crippen LogP contribution in [-0.4, -0.2) is 46.5 Å². The molecule has 0 amide bonds. The summed E-state index contributed by atoms with van der Waals surface area (Å²) in [6.45, 7) is -0.429. The third-order valence-corrected chi connectivity index (χ3v) is 2.78. The summed E-state index contributed by atoms with van der Waals surface area (Å²) in [7, 11) is 0.